The van der Waals surface area contributed by atoms with Crippen LogP contribution in [0.2, 0.25) is 0 Å². The molecule has 1 fully saturated rings. The quantitative estimate of drug-likeness (QED) is 0.845. The first kappa shape index (κ1) is 10.6. The Bertz CT molecular complexity index is 383. The van der Waals surface area contributed by atoms with E-state index in [9.17, 15) is 4.79 Å². The fourth-order valence-corrected chi connectivity index (χ4v) is 2.68. The Hall–Kier alpha value is -0.940. The summed E-state index contributed by atoms with van der Waals surface area (Å²) in [5, 5.41) is 8.94. The number of aromatic nitrogens is 1. The highest BCUT2D eigenvalue weighted by molar-refractivity contribution is 7.05. The third-order valence-electron chi connectivity index (χ3n) is 2.72. The maximum absolute atomic E-state index is 10.9. The lowest BCUT2D eigenvalue weighted by Crippen LogP contribution is -2.57. The van der Waals surface area contributed by atoms with Gasteiger partial charge in [0.15, 0.2) is 0 Å². The summed E-state index contributed by atoms with van der Waals surface area (Å²) in [6, 6.07) is 2.06. The Morgan fingerprint density at radius 3 is 2.87 bits per heavy atom. The minimum Gasteiger partial charge on any atom is -0.481 e. The number of hydrogen-bond acceptors (Lipinski definition) is 4. The van der Waals surface area contributed by atoms with Gasteiger partial charge in [-0.05, 0) is 31.4 Å². The molecular weight excluding hydrogens is 212 g/mol. The zero-order chi connectivity index (χ0) is 11.1. The second-order valence-electron chi connectivity index (χ2n) is 4.45. The van der Waals surface area contributed by atoms with Crippen LogP contribution in [-0.4, -0.2) is 33.4 Å². The summed E-state index contributed by atoms with van der Waals surface area (Å²) in [6.07, 6.45) is 0. The van der Waals surface area contributed by atoms with Gasteiger partial charge in [-0.15, -0.1) is 0 Å². The van der Waals surface area contributed by atoms with Gasteiger partial charge in [-0.2, -0.15) is 4.37 Å². The molecule has 5 heteroatoms. The summed E-state index contributed by atoms with van der Waals surface area (Å²) in [7, 11) is 0. The monoisotopic (exact) mass is 226 g/mol. The van der Waals surface area contributed by atoms with Crippen molar-refractivity contribution in [3.8, 4) is 0 Å². The van der Waals surface area contributed by atoms with Gasteiger partial charge in [0.05, 0.1) is 11.1 Å². The minimum absolute atomic E-state index is 0.542. The van der Waals surface area contributed by atoms with Gasteiger partial charge in [0, 0.05) is 24.5 Å². The van der Waals surface area contributed by atoms with Crippen LogP contribution in [-0.2, 0) is 11.3 Å². The maximum Gasteiger partial charge on any atom is 0.311 e. The number of hydrogen-bond donors (Lipinski definition) is 1. The average molecular weight is 226 g/mol. The van der Waals surface area contributed by atoms with E-state index in [1.165, 1.54) is 16.4 Å². The second-order valence-corrected chi connectivity index (χ2v) is 5.34. The van der Waals surface area contributed by atoms with Crippen LogP contribution in [0.5, 0.6) is 0 Å². The van der Waals surface area contributed by atoms with E-state index in [1.807, 2.05) is 6.92 Å². The van der Waals surface area contributed by atoms with Crippen LogP contribution in [0, 0.1) is 12.3 Å². The van der Waals surface area contributed by atoms with Crippen LogP contribution < -0.4 is 0 Å². The number of carboxylic acid groups (broad SMARTS) is 1. The lowest BCUT2D eigenvalue weighted by atomic mass is 9.82. The van der Waals surface area contributed by atoms with Crippen molar-refractivity contribution < 1.29 is 9.90 Å². The zero-order valence-electron chi connectivity index (χ0n) is 8.86. The van der Waals surface area contributed by atoms with Crippen molar-refractivity contribution in [2.45, 2.75) is 20.4 Å². The van der Waals surface area contributed by atoms with Gasteiger partial charge in [0.25, 0.3) is 0 Å². The van der Waals surface area contributed by atoms with E-state index in [4.69, 9.17) is 5.11 Å². The molecule has 1 aromatic heterocycles. The number of aryl methyl sites for hydroxylation is 1. The van der Waals surface area contributed by atoms with Crippen LogP contribution in [0.15, 0.2) is 6.07 Å². The molecule has 0 atom stereocenters. The van der Waals surface area contributed by atoms with Crippen LogP contribution >= 0.6 is 11.5 Å². The van der Waals surface area contributed by atoms with Crippen molar-refractivity contribution >= 4 is 17.5 Å². The Morgan fingerprint density at radius 2 is 2.40 bits per heavy atom. The fourth-order valence-electron chi connectivity index (χ4n) is 1.90. The topological polar surface area (TPSA) is 53.4 Å². The summed E-state index contributed by atoms with van der Waals surface area (Å²) in [6.45, 7) is 5.87. The van der Waals surface area contributed by atoms with Gasteiger partial charge < -0.3 is 5.11 Å². The van der Waals surface area contributed by atoms with Crippen molar-refractivity contribution in [1.82, 2.24) is 9.27 Å². The highest BCUT2D eigenvalue weighted by atomic mass is 32.1. The largest absolute Gasteiger partial charge is 0.481 e. The first-order valence-electron chi connectivity index (χ1n) is 4.87. The molecule has 1 aromatic rings. The molecule has 0 radical (unpaired) electrons. The van der Waals surface area contributed by atoms with Crippen molar-refractivity contribution in [2.75, 3.05) is 13.1 Å². The maximum atomic E-state index is 10.9. The number of aliphatic carboxylic acids is 1. The third-order valence-corrected chi connectivity index (χ3v) is 3.58. The first-order valence-corrected chi connectivity index (χ1v) is 5.65. The van der Waals surface area contributed by atoms with Crippen LogP contribution in [0.4, 0.5) is 0 Å². The number of rotatable bonds is 3. The Labute approximate surface area is 92.7 Å². The Kier molecular flexibility index (Phi) is 2.52. The third kappa shape index (κ3) is 2.03. The lowest BCUT2D eigenvalue weighted by molar-refractivity contribution is -0.158. The van der Waals surface area contributed by atoms with Crippen molar-refractivity contribution in [1.29, 1.82) is 0 Å². The van der Waals surface area contributed by atoms with Crippen molar-refractivity contribution in [3.05, 3.63) is 16.6 Å². The normalized spacial score (nSPS) is 19.9. The van der Waals surface area contributed by atoms with Crippen LogP contribution in [0.1, 0.15) is 17.5 Å². The predicted octanol–water partition coefficient (Wildman–Crippen LogP) is 1.36. The molecule has 1 aliphatic heterocycles. The summed E-state index contributed by atoms with van der Waals surface area (Å²) in [5.41, 5.74) is 0.497. The van der Waals surface area contributed by atoms with Gasteiger partial charge in [0.2, 0.25) is 0 Å². The van der Waals surface area contributed by atoms with Gasteiger partial charge in [-0.1, -0.05) is 0 Å². The number of carbonyl (C=O) groups is 1. The molecule has 2 rings (SSSR count). The van der Waals surface area contributed by atoms with Crippen LogP contribution in [0.3, 0.4) is 0 Å². The molecule has 0 aromatic carbocycles. The molecule has 82 valence electrons. The number of likely N-dealkylation sites (tertiary alicyclic amines) is 1. The smallest absolute Gasteiger partial charge is 0.311 e. The molecule has 1 saturated heterocycles. The van der Waals surface area contributed by atoms with E-state index in [2.05, 4.69) is 15.3 Å². The average Bonchev–Trinajstić information content (AvgIpc) is 2.48. The van der Waals surface area contributed by atoms with Gasteiger partial charge in [0.1, 0.15) is 0 Å². The lowest BCUT2D eigenvalue weighted by Gasteiger charge is -2.44. The number of carboxylic acids is 1. The van der Waals surface area contributed by atoms with Crippen LogP contribution in [0.25, 0.3) is 0 Å². The minimum atomic E-state index is -0.695. The summed E-state index contributed by atoms with van der Waals surface area (Å²) in [5.74, 6) is -0.695. The van der Waals surface area contributed by atoms with E-state index in [-0.39, 0.29) is 0 Å². The summed E-state index contributed by atoms with van der Waals surface area (Å²) in [4.78, 5) is 14.2. The molecule has 15 heavy (non-hydrogen) atoms. The molecule has 4 nitrogen and oxygen atoms in total. The van der Waals surface area contributed by atoms with Gasteiger partial charge in [-0.3, -0.25) is 9.69 Å². The Balaban J connectivity index is 1.88. The van der Waals surface area contributed by atoms with Gasteiger partial charge in [-0.25, -0.2) is 0 Å². The Morgan fingerprint density at radius 1 is 1.73 bits per heavy atom. The van der Waals surface area contributed by atoms with E-state index < -0.39 is 11.4 Å². The van der Waals surface area contributed by atoms with E-state index >= 15 is 0 Å². The van der Waals surface area contributed by atoms with E-state index in [0.29, 0.717) is 13.1 Å². The molecule has 0 bridgehead atoms. The fraction of sp³-hybridized carbons (Fsp3) is 0.600. The molecule has 2 heterocycles. The summed E-state index contributed by atoms with van der Waals surface area (Å²) < 4.78 is 4.20. The molecule has 1 N–H and O–H groups in total. The molecule has 0 amide bonds. The van der Waals surface area contributed by atoms with E-state index in [0.717, 1.165) is 12.2 Å². The second kappa shape index (κ2) is 3.57. The molecule has 0 saturated carbocycles. The molecule has 0 unspecified atom stereocenters. The van der Waals surface area contributed by atoms with Crippen molar-refractivity contribution in [3.63, 3.8) is 0 Å². The van der Waals surface area contributed by atoms with Crippen molar-refractivity contribution in [2.24, 2.45) is 5.41 Å². The highest BCUT2D eigenvalue weighted by Gasteiger charge is 2.45. The molecular formula is C10H14N2O2S. The predicted molar refractivity (Wildman–Crippen MR) is 57.9 cm³/mol. The number of nitrogens with zero attached hydrogens (tertiary/aromatic N) is 2. The SMILES string of the molecule is Cc1cc(CN2CC(C)(C(=O)O)C2)sn1. The standard InChI is InChI=1S/C10H14N2O2S/c1-7-3-8(15-11-7)4-12-5-10(2,6-12)9(13)14/h3H,4-6H2,1-2H3,(H,13,14). The van der Waals surface area contributed by atoms with E-state index in [1.54, 1.807) is 6.92 Å². The van der Waals surface area contributed by atoms with Gasteiger partial charge >= 0.3 is 5.97 Å². The highest BCUT2D eigenvalue weighted by Crippen LogP contribution is 2.31. The summed E-state index contributed by atoms with van der Waals surface area (Å²) >= 11 is 1.50. The molecule has 1 aliphatic rings. The molecule has 0 spiro atoms. The zero-order valence-corrected chi connectivity index (χ0v) is 9.67. The first-order chi connectivity index (χ1) is 6.99. The molecule has 0 aliphatic carbocycles.